The molecule has 1 N–H and O–H groups in total. The Morgan fingerprint density at radius 2 is 2.52 bits per heavy atom. The fourth-order valence-corrected chi connectivity index (χ4v) is 3.76. The number of H-pyrrole nitrogens is 1. The van der Waals surface area contributed by atoms with Gasteiger partial charge in [-0.05, 0) is 29.9 Å². The summed E-state index contributed by atoms with van der Waals surface area (Å²) in [6.07, 6.45) is 5.31. The summed E-state index contributed by atoms with van der Waals surface area (Å²) < 4.78 is 5.47. The highest BCUT2D eigenvalue weighted by Crippen LogP contribution is 2.35. The summed E-state index contributed by atoms with van der Waals surface area (Å²) in [5, 5.41) is 2.12. The van der Waals surface area contributed by atoms with E-state index in [0.29, 0.717) is 6.61 Å². The van der Waals surface area contributed by atoms with Gasteiger partial charge in [-0.25, -0.2) is 4.98 Å². The van der Waals surface area contributed by atoms with E-state index in [1.807, 2.05) is 4.90 Å². The Hall–Kier alpha value is -1.66. The number of hydrogen-bond donors (Lipinski definition) is 1. The summed E-state index contributed by atoms with van der Waals surface area (Å²) in [4.78, 5) is 22.8. The first-order chi connectivity index (χ1) is 10.3. The van der Waals surface area contributed by atoms with Gasteiger partial charge in [0.05, 0.1) is 6.04 Å². The molecule has 0 aromatic carbocycles. The van der Waals surface area contributed by atoms with Crippen LogP contribution in [0.15, 0.2) is 23.8 Å². The molecular formula is C15H19N3O2S. The van der Waals surface area contributed by atoms with E-state index in [2.05, 4.69) is 28.3 Å². The molecule has 5 nitrogen and oxygen atoms in total. The fraction of sp³-hybridized carbons (Fsp3) is 0.467. The van der Waals surface area contributed by atoms with Gasteiger partial charge in [-0.2, -0.15) is 0 Å². The summed E-state index contributed by atoms with van der Waals surface area (Å²) in [7, 11) is 0. The summed E-state index contributed by atoms with van der Waals surface area (Å²) in [6.45, 7) is 3.36. The SMILES string of the molecule is CCC1c2ccsc2CCN1C(=O)COCc1ncc[nH]1. The molecule has 2 aromatic heterocycles. The molecule has 0 saturated carbocycles. The van der Waals surface area contributed by atoms with Crippen LogP contribution < -0.4 is 0 Å². The topological polar surface area (TPSA) is 58.2 Å². The van der Waals surface area contributed by atoms with Gasteiger partial charge in [0.1, 0.15) is 19.0 Å². The molecule has 1 aliphatic heterocycles. The number of imidazole rings is 1. The van der Waals surface area contributed by atoms with Crippen LogP contribution in [-0.4, -0.2) is 33.9 Å². The number of aromatic nitrogens is 2. The lowest BCUT2D eigenvalue weighted by Crippen LogP contribution is -2.41. The van der Waals surface area contributed by atoms with Gasteiger partial charge in [-0.15, -0.1) is 11.3 Å². The van der Waals surface area contributed by atoms with Gasteiger partial charge in [0, 0.05) is 23.8 Å². The first-order valence-electron chi connectivity index (χ1n) is 7.21. The maximum absolute atomic E-state index is 12.4. The van der Waals surface area contributed by atoms with Crippen molar-refractivity contribution in [3.05, 3.63) is 40.1 Å². The third-order valence-corrected chi connectivity index (χ3v) is 4.82. The van der Waals surface area contributed by atoms with Gasteiger partial charge in [0.25, 0.3) is 0 Å². The molecule has 1 aliphatic rings. The van der Waals surface area contributed by atoms with E-state index >= 15 is 0 Å². The second kappa shape index (κ2) is 6.41. The molecule has 2 aromatic rings. The molecular weight excluding hydrogens is 286 g/mol. The standard InChI is InChI=1S/C15H19N3O2S/c1-2-12-11-4-8-21-13(11)3-7-18(12)15(19)10-20-9-14-16-5-6-17-14/h4-6,8,12H,2-3,7,9-10H2,1H3,(H,16,17). The normalized spacial score (nSPS) is 17.8. The number of carbonyl (C=O) groups is 1. The molecule has 1 atom stereocenters. The minimum atomic E-state index is 0.0604. The molecule has 3 rings (SSSR count). The smallest absolute Gasteiger partial charge is 0.249 e. The number of thiophene rings is 1. The van der Waals surface area contributed by atoms with Crippen LogP contribution >= 0.6 is 11.3 Å². The Bertz CT molecular complexity index is 594. The van der Waals surface area contributed by atoms with Crippen LogP contribution in [0.3, 0.4) is 0 Å². The van der Waals surface area contributed by atoms with Crippen LogP contribution in [0, 0.1) is 0 Å². The minimum Gasteiger partial charge on any atom is -0.364 e. The van der Waals surface area contributed by atoms with Crippen molar-refractivity contribution >= 4 is 17.2 Å². The molecule has 0 bridgehead atoms. The largest absolute Gasteiger partial charge is 0.364 e. The van der Waals surface area contributed by atoms with E-state index in [0.717, 1.165) is 25.2 Å². The summed E-state index contributed by atoms with van der Waals surface area (Å²) in [5.74, 6) is 0.805. The highest BCUT2D eigenvalue weighted by atomic mass is 32.1. The molecule has 0 spiro atoms. The van der Waals surface area contributed by atoms with Crippen LogP contribution in [0.1, 0.15) is 35.7 Å². The summed E-state index contributed by atoms with van der Waals surface area (Å²) in [6, 6.07) is 2.34. The quantitative estimate of drug-likeness (QED) is 0.923. The van der Waals surface area contributed by atoms with E-state index in [-0.39, 0.29) is 18.6 Å². The van der Waals surface area contributed by atoms with Gasteiger partial charge < -0.3 is 14.6 Å². The Balaban J connectivity index is 1.59. The van der Waals surface area contributed by atoms with Crippen molar-refractivity contribution in [1.29, 1.82) is 0 Å². The van der Waals surface area contributed by atoms with Crippen LogP contribution in [0.25, 0.3) is 0 Å². The fourth-order valence-electron chi connectivity index (χ4n) is 2.83. The maximum atomic E-state index is 12.4. The third kappa shape index (κ3) is 3.01. The van der Waals surface area contributed by atoms with Gasteiger partial charge in [0.15, 0.2) is 0 Å². The van der Waals surface area contributed by atoms with Gasteiger partial charge in [0.2, 0.25) is 5.91 Å². The average molecular weight is 305 g/mol. The Morgan fingerprint density at radius 3 is 3.29 bits per heavy atom. The number of nitrogens with zero attached hydrogens (tertiary/aromatic N) is 2. The molecule has 0 aliphatic carbocycles. The van der Waals surface area contributed by atoms with Crippen LogP contribution in [0.2, 0.25) is 0 Å². The minimum absolute atomic E-state index is 0.0604. The number of fused-ring (bicyclic) bond motifs is 1. The molecule has 112 valence electrons. The molecule has 0 saturated heterocycles. The van der Waals surface area contributed by atoms with E-state index in [9.17, 15) is 4.79 Å². The molecule has 1 amide bonds. The predicted molar refractivity (Wildman–Crippen MR) is 81.0 cm³/mol. The second-order valence-corrected chi connectivity index (χ2v) is 6.09. The summed E-state index contributed by atoms with van der Waals surface area (Å²) in [5.41, 5.74) is 1.31. The average Bonchev–Trinajstić information content (AvgIpc) is 3.16. The Labute approximate surface area is 128 Å². The highest BCUT2D eigenvalue weighted by Gasteiger charge is 2.30. The molecule has 21 heavy (non-hydrogen) atoms. The first kappa shape index (κ1) is 14.3. The van der Waals surface area contributed by atoms with Gasteiger partial charge in [-0.3, -0.25) is 4.79 Å². The zero-order chi connectivity index (χ0) is 14.7. The molecule has 1 unspecified atom stereocenters. The number of hydrogen-bond acceptors (Lipinski definition) is 4. The predicted octanol–water partition coefficient (Wildman–Crippen LogP) is 2.52. The lowest BCUT2D eigenvalue weighted by molar-refractivity contribution is -0.139. The van der Waals surface area contributed by atoms with Crippen LogP contribution in [0.5, 0.6) is 0 Å². The van der Waals surface area contributed by atoms with Crippen molar-refractivity contribution in [1.82, 2.24) is 14.9 Å². The third-order valence-electron chi connectivity index (χ3n) is 3.82. The number of ether oxygens (including phenoxy) is 1. The van der Waals surface area contributed by atoms with Crippen molar-refractivity contribution < 1.29 is 9.53 Å². The maximum Gasteiger partial charge on any atom is 0.249 e. The number of amides is 1. The Morgan fingerprint density at radius 1 is 1.62 bits per heavy atom. The van der Waals surface area contributed by atoms with Crippen molar-refractivity contribution in [2.24, 2.45) is 0 Å². The van der Waals surface area contributed by atoms with Crippen LogP contribution in [-0.2, 0) is 22.6 Å². The number of aromatic amines is 1. The van der Waals surface area contributed by atoms with Gasteiger partial charge >= 0.3 is 0 Å². The zero-order valence-electron chi connectivity index (χ0n) is 12.0. The van der Waals surface area contributed by atoms with Crippen molar-refractivity contribution in [2.75, 3.05) is 13.2 Å². The van der Waals surface area contributed by atoms with E-state index in [1.165, 1.54) is 10.4 Å². The molecule has 0 fully saturated rings. The van der Waals surface area contributed by atoms with Gasteiger partial charge in [-0.1, -0.05) is 6.92 Å². The Kier molecular flexibility index (Phi) is 4.36. The van der Waals surface area contributed by atoms with E-state index < -0.39 is 0 Å². The summed E-state index contributed by atoms with van der Waals surface area (Å²) >= 11 is 1.79. The molecule has 0 radical (unpaired) electrons. The monoisotopic (exact) mass is 305 g/mol. The van der Waals surface area contributed by atoms with Crippen LogP contribution in [0.4, 0.5) is 0 Å². The molecule has 3 heterocycles. The van der Waals surface area contributed by atoms with E-state index in [4.69, 9.17) is 4.74 Å². The van der Waals surface area contributed by atoms with Crippen molar-refractivity contribution in [3.63, 3.8) is 0 Å². The second-order valence-electron chi connectivity index (χ2n) is 5.09. The lowest BCUT2D eigenvalue weighted by Gasteiger charge is -2.35. The zero-order valence-corrected chi connectivity index (χ0v) is 12.9. The number of nitrogens with one attached hydrogen (secondary N) is 1. The number of rotatable bonds is 5. The van der Waals surface area contributed by atoms with Crippen molar-refractivity contribution in [3.8, 4) is 0 Å². The van der Waals surface area contributed by atoms with E-state index in [1.54, 1.807) is 23.7 Å². The number of carbonyl (C=O) groups excluding carboxylic acids is 1. The lowest BCUT2D eigenvalue weighted by atomic mass is 9.98. The highest BCUT2D eigenvalue weighted by molar-refractivity contribution is 7.10. The van der Waals surface area contributed by atoms with Crippen molar-refractivity contribution in [2.45, 2.75) is 32.4 Å². The molecule has 6 heteroatoms. The first-order valence-corrected chi connectivity index (χ1v) is 8.09.